The minimum absolute atomic E-state index is 0. The Balaban J connectivity index is 0.00000196. The molecule has 0 radical (unpaired) electrons. The van der Waals surface area contributed by atoms with E-state index in [0.717, 1.165) is 32.2 Å². The van der Waals surface area contributed by atoms with Crippen molar-refractivity contribution in [3.05, 3.63) is 35.9 Å². The van der Waals surface area contributed by atoms with E-state index in [-0.39, 0.29) is 18.3 Å². The van der Waals surface area contributed by atoms with Gasteiger partial charge in [-0.05, 0) is 68.8 Å². The maximum atomic E-state index is 13.2. The molecule has 2 saturated carbocycles. The first kappa shape index (κ1) is 19.7. The minimum atomic E-state index is 0. The molecule has 3 fully saturated rings. The summed E-state index contributed by atoms with van der Waals surface area (Å²) in [7, 11) is 0. The maximum absolute atomic E-state index is 13.2. The highest BCUT2D eigenvalue weighted by Gasteiger charge is 2.43. The molecule has 144 valence electrons. The number of amides is 1. The van der Waals surface area contributed by atoms with Crippen molar-refractivity contribution in [2.75, 3.05) is 6.54 Å². The Kier molecular flexibility index (Phi) is 6.63. The third kappa shape index (κ3) is 4.09. The zero-order valence-corrected chi connectivity index (χ0v) is 16.5. The van der Waals surface area contributed by atoms with Crippen molar-refractivity contribution in [1.29, 1.82) is 0 Å². The average Bonchev–Trinajstić information content (AvgIpc) is 3.08. The van der Waals surface area contributed by atoms with Crippen LogP contribution in [0.15, 0.2) is 30.3 Å². The maximum Gasteiger partial charge on any atom is 0.225 e. The highest BCUT2D eigenvalue weighted by atomic mass is 35.5. The summed E-state index contributed by atoms with van der Waals surface area (Å²) in [6.45, 7) is 0.968. The number of rotatable bonds is 4. The molecule has 4 heteroatoms. The zero-order valence-electron chi connectivity index (χ0n) is 15.7. The molecule has 2 aliphatic carbocycles. The first-order valence-electron chi connectivity index (χ1n) is 10.3. The molecule has 1 amide bonds. The number of nitrogens with zero attached hydrogens (tertiary/aromatic N) is 1. The Bertz CT molecular complexity index is 579. The van der Waals surface area contributed by atoms with E-state index in [2.05, 4.69) is 35.2 Å². The highest BCUT2D eigenvalue weighted by molar-refractivity contribution is 5.85. The minimum Gasteiger partial charge on any atom is -0.339 e. The molecule has 1 heterocycles. The third-order valence-electron chi connectivity index (χ3n) is 7.03. The van der Waals surface area contributed by atoms with Crippen LogP contribution in [-0.4, -0.2) is 29.4 Å². The molecule has 2 N–H and O–H groups in total. The Morgan fingerprint density at radius 2 is 1.73 bits per heavy atom. The Morgan fingerprint density at radius 1 is 1.04 bits per heavy atom. The fourth-order valence-electron chi connectivity index (χ4n) is 5.63. The molecule has 0 spiro atoms. The van der Waals surface area contributed by atoms with Crippen LogP contribution in [0.25, 0.3) is 0 Å². The molecule has 4 rings (SSSR count). The average molecular weight is 377 g/mol. The SMILES string of the molecule is Cl.NC1C2CCCC1CC(C(=O)N1CCCC1CCc1ccccc1)C2. The summed E-state index contributed by atoms with van der Waals surface area (Å²) < 4.78 is 0. The number of aryl methyl sites for hydroxylation is 1. The van der Waals surface area contributed by atoms with Gasteiger partial charge in [-0.2, -0.15) is 0 Å². The quantitative estimate of drug-likeness (QED) is 0.856. The number of carbonyl (C=O) groups excluding carboxylic acids is 1. The van der Waals surface area contributed by atoms with Gasteiger partial charge in [0.05, 0.1) is 0 Å². The number of halogens is 1. The fourth-order valence-corrected chi connectivity index (χ4v) is 5.63. The molecule has 26 heavy (non-hydrogen) atoms. The number of carbonyl (C=O) groups is 1. The van der Waals surface area contributed by atoms with Crippen LogP contribution in [-0.2, 0) is 11.2 Å². The van der Waals surface area contributed by atoms with E-state index in [4.69, 9.17) is 5.73 Å². The van der Waals surface area contributed by atoms with Crippen LogP contribution in [0.3, 0.4) is 0 Å². The van der Waals surface area contributed by atoms with Gasteiger partial charge in [0, 0.05) is 24.5 Å². The molecule has 3 aliphatic rings. The number of benzene rings is 1. The lowest BCUT2D eigenvalue weighted by Gasteiger charge is -2.44. The van der Waals surface area contributed by atoms with E-state index in [9.17, 15) is 4.79 Å². The van der Waals surface area contributed by atoms with Crippen molar-refractivity contribution in [1.82, 2.24) is 4.90 Å². The van der Waals surface area contributed by atoms with Crippen LogP contribution in [0.2, 0.25) is 0 Å². The normalized spacial score (nSPS) is 33.6. The summed E-state index contributed by atoms with van der Waals surface area (Å²) in [5, 5.41) is 0. The predicted octanol–water partition coefficient (Wildman–Crippen LogP) is 4.19. The van der Waals surface area contributed by atoms with E-state index in [1.165, 1.54) is 37.7 Å². The largest absolute Gasteiger partial charge is 0.339 e. The van der Waals surface area contributed by atoms with Crippen molar-refractivity contribution in [3.8, 4) is 0 Å². The zero-order chi connectivity index (χ0) is 17.2. The first-order chi connectivity index (χ1) is 12.2. The fraction of sp³-hybridized carbons (Fsp3) is 0.682. The number of fused-ring (bicyclic) bond motifs is 2. The third-order valence-corrected chi connectivity index (χ3v) is 7.03. The topological polar surface area (TPSA) is 46.3 Å². The van der Waals surface area contributed by atoms with Gasteiger partial charge in [0.15, 0.2) is 0 Å². The molecular formula is C22H33ClN2O. The summed E-state index contributed by atoms with van der Waals surface area (Å²) >= 11 is 0. The monoisotopic (exact) mass is 376 g/mol. The van der Waals surface area contributed by atoms with Crippen LogP contribution in [0.5, 0.6) is 0 Å². The Labute approximate surface area is 164 Å². The number of likely N-dealkylation sites (tertiary alicyclic amines) is 1. The molecule has 3 atom stereocenters. The molecule has 1 aromatic rings. The molecule has 3 nitrogen and oxygen atoms in total. The van der Waals surface area contributed by atoms with E-state index in [1.807, 2.05) is 0 Å². The summed E-state index contributed by atoms with van der Waals surface area (Å²) in [4.78, 5) is 15.5. The standard InChI is InChI=1S/C22H32N2O.ClH/c23-21-17-8-4-9-18(21)15-19(14-17)22(25)24-13-5-10-20(24)12-11-16-6-2-1-3-7-16;/h1-3,6-7,17-21H,4-5,8-15,23H2;1H. The second kappa shape index (κ2) is 8.75. The van der Waals surface area contributed by atoms with E-state index in [1.54, 1.807) is 0 Å². The number of hydrogen-bond donors (Lipinski definition) is 1. The van der Waals surface area contributed by atoms with Crippen molar-refractivity contribution in [2.45, 2.75) is 69.9 Å². The number of hydrogen-bond acceptors (Lipinski definition) is 2. The van der Waals surface area contributed by atoms with Gasteiger partial charge in [-0.3, -0.25) is 4.79 Å². The second-order valence-electron chi connectivity index (χ2n) is 8.55. The van der Waals surface area contributed by atoms with Gasteiger partial charge in [0.25, 0.3) is 0 Å². The molecule has 1 saturated heterocycles. The van der Waals surface area contributed by atoms with Crippen molar-refractivity contribution < 1.29 is 4.79 Å². The van der Waals surface area contributed by atoms with Crippen LogP contribution < -0.4 is 5.73 Å². The van der Waals surface area contributed by atoms with Crippen molar-refractivity contribution in [2.24, 2.45) is 23.5 Å². The van der Waals surface area contributed by atoms with Crippen molar-refractivity contribution in [3.63, 3.8) is 0 Å². The molecule has 1 aliphatic heterocycles. The van der Waals surface area contributed by atoms with Gasteiger partial charge in [-0.25, -0.2) is 0 Å². The highest BCUT2D eigenvalue weighted by Crippen LogP contribution is 2.43. The molecule has 1 aromatic carbocycles. The van der Waals surface area contributed by atoms with Gasteiger partial charge in [-0.1, -0.05) is 36.8 Å². The predicted molar refractivity (Wildman–Crippen MR) is 108 cm³/mol. The lowest BCUT2D eigenvalue weighted by atomic mass is 9.65. The van der Waals surface area contributed by atoms with E-state index >= 15 is 0 Å². The van der Waals surface area contributed by atoms with E-state index < -0.39 is 0 Å². The van der Waals surface area contributed by atoms with Gasteiger partial charge in [0.1, 0.15) is 0 Å². The van der Waals surface area contributed by atoms with Crippen LogP contribution in [0.1, 0.15) is 56.9 Å². The molecule has 0 aromatic heterocycles. The van der Waals surface area contributed by atoms with Crippen LogP contribution in [0, 0.1) is 17.8 Å². The lowest BCUT2D eigenvalue weighted by Crippen LogP contribution is -2.50. The summed E-state index contributed by atoms with van der Waals surface area (Å²) in [6.07, 6.45) is 10.4. The lowest BCUT2D eigenvalue weighted by molar-refractivity contribution is -0.139. The van der Waals surface area contributed by atoms with Crippen molar-refractivity contribution >= 4 is 18.3 Å². The second-order valence-corrected chi connectivity index (χ2v) is 8.55. The van der Waals surface area contributed by atoms with Gasteiger partial charge >= 0.3 is 0 Å². The summed E-state index contributed by atoms with van der Waals surface area (Å²) in [6, 6.07) is 11.5. The first-order valence-corrected chi connectivity index (χ1v) is 10.3. The van der Waals surface area contributed by atoms with Crippen LogP contribution in [0.4, 0.5) is 0 Å². The molecule has 3 unspecified atom stereocenters. The Morgan fingerprint density at radius 3 is 2.42 bits per heavy atom. The number of nitrogens with two attached hydrogens (primary N) is 1. The van der Waals surface area contributed by atoms with Gasteiger partial charge in [-0.15, -0.1) is 12.4 Å². The summed E-state index contributed by atoms with van der Waals surface area (Å²) in [5.74, 6) is 1.87. The molecule has 2 bridgehead atoms. The Hall–Kier alpha value is -1.06. The van der Waals surface area contributed by atoms with Gasteiger partial charge in [0.2, 0.25) is 5.91 Å². The molecular weight excluding hydrogens is 344 g/mol. The van der Waals surface area contributed by atoms with E-state index in [0.29, 0.717) is 29.8 Å². The van der Waals surface area contributed by atoms with Crippen LogP contribution >= 0.6 is 12.4 Å². The summed E-state index contributed by atoms with van der Waals surface area (Å²) in [5.41, 5.74) is 7.80. The smallest absolute Gasteiger partial charge is 0.225 e. The van der Waals surface area contributed by atoms with Gasteiger partial charge < -0.3 is 10.6 Å².